The standard InChI is InChI=1S/C23H27N5OS.C16H13N3S.C6H16N2.ClH/c1-4-27(5-2)12-11-24-22(29)25-18-9-10-20-21(14-18)30-23-26-19(15-28(20)23)17-8-6-7-16(3)13-17;1-10-3-2-4-11(7-10)13-9-19-14-6-5-12(17)8-15(14)20-16(19)18-13;1-3-8(4-2)6-5-7;/h6-10,13-15H,4-5,11-12H2,1-3H3,(H2,24,25,29);2-9H,17H2,1H3;3-7H2,1-2H3;1H/p-1. The molecular weight excluding hydrogens is 796 g/mol. The third kappa shape index (κ3) is 11.4. The molecule has 4 aromatic carbocycles. The number of halogens is 1. The number of anilines is 2. The SMILES string of the molecule is CCN(CC)CCN.CCN(CC)CCNC(=O)Nc1ccc2c(c1)sc1nc(-c3cccc(C)c3)cn12.Cc1cccc(-c2cn3c(n2)sc2cc(N)ccc23)c1.[Cl-]. The monoisotopic (exact) mass is 851 g/mol. The zero-order valence-electron chi connectivity index (χ0n) is 34.8. The van der Waals surface area contributed by atoms with Gasteiger partial charge in [0, 0.05) is 61.1 Å². The van der Waals surface area contributed by atoms with Gasteiger partial charge in [0.25, 0.3) is 0 Å². The summed E-state index contributed by atoms with van der Waals surface area (Å²) >= 11 is 3.29. The van der Waals surface area contributed by atoms with E-state index in [0.29, 0.717) is 6.54 Å². The first kappa shape index (κ1) is 45.1. The molecule has 0 aliphatic carbocycles. The van der Waals surface area contributed by atoms with Gasteiger partial charge in [0.05, 0.1) is 31.8 Å². The van der Waals surface area contributed by atoms with Gasteiger partial charge in [-0.1, -0.05) is 97.9 Å². The minimum Gasteiger partial charge on any atom is -1.00 e. The zero-order valence-corrected chi connectivity index (χ0v) is 37.2. The number of likely N-dealkylation sites (N-methyl/N-ethyl adjacent to an activating group) is 2. The van der Waals surface area contributed by atoms with Crippen molar-refractivity contribution in [1.29, 1.82) is 0 Å². The number of hydrogen-bond acceptors (Lipinski definition) is 9. The topological polar surface area (TPSA) is 134 Å². The van der Waals surface area contributed by atoms with Crippen molar-refractivity contribution in [2.75, 3.05) is 63.4 Å². The van der Waals surface area contributed by atoms with E-state index in [-0.39, 0.29) is 18.4 Å². The van der Waals surface area contributed by atoms with Crippen LogP contribution in [-0.2, 0) is 0 Å². The van der Waals surface area contributed by atoms with E-state index >= 15 is 0 Å². The van der Waals surface area contributed by atoms with Crippen molar-refractivity contribution in [3.05, 3.63) is 108 Å². The maximum absolute atomic E-state index is 12.2. The normalized spacial score (nSPS) is 11.1. The minimum atomic E-state index is -0.176. The maximum atomic E-state index is 12.2. The summed E-state index contributed by atoms with van der Waals surface area (Å²) in [6.07, 6.45) is 4.18. The van der Waals surface area contributed by atoms with Crippen molar-refractivity contribution < 1.29 is 17.2 Å². The van der Waals surface area contributed by atoms with Crippen LogP contribution in [0.4, 0.5) is 16.2 Å². The van der Waals surface area contributed by atoms with Gasteiger partial charge in [-0.2, -0.15) is 0 Å². The Kier molecular flexibility index (Phi) is 16.3. The van der Waals surface area contributed by atoms with Crippen LogP contribution in [0, 0.1) is 13.8 Å². The van der Waals surface area contributed by atoms with E-state index in [1.54, 1.807) is 22.7 Å². The fourth-order valence-corrected chi connectivity index (χ4v) is 8.85. The summed E-state index contributed by atoms with van der Waals surface area (Å²) in [5.41, 5.74) is 21.7. The average Bonchev–Trinajstić information content (AvgIpc) is 3.99. The van der Waals surface area contributed by atoms with Crippen molar-refractivity contribution in [3.63, 3.8) is 0 Å². The number of nitrogens with one attached hydrogen (secondary N) is 2. The van der Waals surface area contributed by atoms with Gasteiger partial charge in [-0.25, -0.2) is 14.8 Å². The lowest BCUT2D eigenvalue weighted by atomic mass is 10.1. The first-order valence-electron chi connectivity index (χ1n) is 20.0. The number of carbonyl (C=O) groups is 1. The molecule has 0 bridgehead atoms. The molecule has 8 rings (SSSR count). The number of aryl methyl sites for hydroxylation is 2. The van der Waals surface area contributed by atoms with Gasteiger partial charge >= 0.3 is 6.03 Å². The smallest absolute Gasteiger partial charge is 0.319 e. The molecule has 4 heterocycles. The lowest BCUT2D eigenvalue weighted by Crippen LogP contribution is -3.00. The lowest BCUT2D eigenvalue weighted by Gasteiger charge is -2.18. The number of nitrogens with two attached hydrogens (primary N) is 2. The summed E-state index contributed by atoms with van der Waals surface area (Å²) in [4.78, 5) is 28.3. The molecule has 312 valence electrons. The van der Waals surface area contributed by atoms with E-state index in [1.807, 2.05) is 30.3 Å². The summed E-state index contributed by atoms with van der Waals surface area (Å²) in [6, 6.07) is 28.6. The Hall–Kier alpha value is -5.02. The molecule has 0 radical (unpaired) electrons. The third-order valence-electron chi connectivity index (χ3n) is 10.0. The molecule has 6 N–H and O–H groups in total. The molecule has 0 unspecified atom stereocenters. The van der Waals surface area contributed by atoms with Gasteiger partial charge in [0.1, 0.15) is 0 Å². The van der Waals surface area contributed by atoms with Crippen LogP contribution in [0.1, 0.15) is 38.8 Å². The average molecular weight is 853 g/mol. The summed E-state index contributed by atoms with van der Waals surface area (Å²) in [7, 11) is 0. The highest BCUT2D eigenvalue weighted by Crippen LogP contribution is 2.32. The second-order valence-corrected chi connectivity index (χ2v) is 16.2. The number of hydrogen-bond donors (Lipinski definition) is 4. The van der Waals surface area contributed by atoms with Crippen LogP contribution in [0.5, 0.6) is 0 Å². The highest BCUT2D eigenvalue weighted by atomic mass is 35.5. The first-order chi connectivity index (χ1) is 28.1. The highest BCUT2D eigenvalue weighted by Gasteiger charge is 2.13. The third-order valence-corrected chi connectivity index (χ3v) is 12.1. The predicted molar refractivity (Wildman–Crippen MR) is 248 cm³/mol. The van der Waals surface area contributed by atoms with Crippen LogP contribution in [0.15, 0.2) is 97.3 Å². The fraction of sp³-hybridized carbons (Fsp3) is 0.311. The molecule has 0 spiro atoms. The molecule has 0 atom stereocenters. The van der Waals surface area contributed by atoms with Gasteiger partial charge in [-0.05, 0) is 88.6 Å². The van der Waals surface area contributed by atoms with E-state index in [4.69, 9.17) is 21.4 Å². The molecule has 0 saturated carbocycles. The molecule has 0 aliphatic heterocycles. The fourth-order valence-electron chi connectivity index (χ4n) is 6.75. The van der Waals surface area contributed by atoms with E-state index in [0.717, 1.165) is 105 Å². The highest BCUT2D eigenvalue weighted by molar-refractivity contribution is 7.24. The molecule has 4 aromatic heterocycles. The van der Waals surface area contributed by atoms with E-state index in [2.05, 4.69) is 138 Å². The number of thiazole rings is 2. The van der Waals surface area contributed by atoms with Gasteiger partial charge in [-0.15, -0.1) is 0 Å². The second-order valence-electron chi connectivity index (χ2n) is 14.1. The number of urea groups is 1. The van der Waals surface area contributed by atoms with Crippen molar-refractivity contribution in [3.8, 4) is 22.5 Å². The maximum Gasteiger partial charge on any atom is 0.319 e. The van der Waals surface area contributed by atoms with Gasteiger partial charge in [0.15, 0.2) is 9.92 Å². The number of nitrogens with zero attached hydrogens (tertiary/aromatic N) is 6. The van der Waals surface area contributed by atoms with Crippen LogP contribution in [0.3, 0.4) is 0 Å². The molecular formula is C45H56ClN10OS2-. The Morgan fingerprint density at radius 2 is 1.20 bits per heavy atom. The minimum absolute atomic E-state index is 0. The molecule has 0 fully saturated rings. The molecule has 59 heavy (non-hydrogen) atoms. The van der Waals surface area contributed by atoms with E-state index in [9.17, 15) is 4.79 Å². The molecule has 0 aliphatic rings. The van der Waals surface area contributed by atoms with E-state index in [1.165, 1.54) is 15.8 Å². The predicted octanol–water partition coefficient (Wildman–Crippen LogP) is 6.39. The van der Waals surface area contributed by atoms with Gasteiger partial charge in [-0.3, -0.25) is 8.80 Å². The van der Waals surface area contributed by atoms with Gasteiger partial charge < -0.3 is 44.3 Å². The largest absolute Gasteiger partial charge is 1.00 e. The first-order valence-corrected chi connectivity index (χ1v) is 21.7. The number of imidazole rings is 2. The Morgan fingerprint density at radius 1 is 0.695 bits per heavy atom. The van der Waals surface area contributed by atoms with Crippen LogP contribution in [0.25, 0.3) is 52.9 Å². The van der Waals surface area contributed by atoms with E-state index < -0.39 is 0 Å². The van der Waals surface area contributed by atoms with Crippen LogP contribution in [-0.4, -0.2) is 87.0 Å². The number of nitrogen functional groups attached to an aromatic ring is 1. The van der Waals surface area contributed by atoms with Crippen LogP contribution < -0.4 is 34.5 Å². The van der Waals surface area contributed by atoms with Gasteiger partial charge in [0.2, 0.25) is 0 Å². The quantitative estimate of drug-likeness (QED) is 0.105. The van der Waals surface area contributed by atoms with Crippen LogP contribution in [0.2, 0.25) is 0 Å². The summed E-state index contributed by atoms with van der Waals surface area (Å²) < 4.78 is 6.51. The summed E-state index contributed by atoms with van der Waals surface area (Å²) in [5.74, 6) is 0. The Bertz CT molecular complexity index is 2580. The van der Waals surface area contributed by atoms with Crippen molar-refractivity contribution >= 4 is 70.4 Å². The zero-order chi connectivity index (χ0) is 41.2. The molecule has 11 nitrogen and oxygen atoms in total. The van der Waals surface area contributed by atoms with Crippen molar-refractivity contribution in [1.82, 2.24) is 33.9 Å². The molecule has 0 saturated heterocycles. The lowest BCUT2D eigenvalue weighted by molar-refractivity contribution is -0.0000152. The Balaban J connectivity index is 0.000000196. The second kappa shape index (κ2) is 21.3. The molecule has 8 aromatic rings. The Labute approximate surface area is 361 Å². The number of amides is 2. The number of rotatable bonds is 12. The van der Waals surface area contributed by atoms with Crippen molar-refractivity contribution in [2.45, 2.75) is 41.5 Å². The van der Waals surface area contributed by atoms with Crippen LogP contribution >= 0.6 is 22.7 Å². The number of carbonyl (C=O) groups excluding carboxylic acids is 1. The number of aromatic nitrogens is 4. The summed E-state index contributed by atoms with van der Waals surface area (Å²) in [6.45, 7) is 20.3. The summed E-state index contributed by atoms with van der Waals surface area (Å²) in [5, 5.41) is 5.86. The Morgan fingerprint density at radius 3 is 1.69 bits per heavy atom. The molecule has 2 amide bonds. The molecule has 14 heteroatoms. The number of fused-ring (bicyclic) bond motifs is 6. The number of benzene rings is 4. The van der Waals surface area contributed by atoms with Crippen molar-refractivity contribution in [2.24, 2.45) is 5.73 Å².